The van der Waals surface area contributed by atoms with Crippen LogP contribution in [0, 0.1) is 0 Å². The molecule has 1 amide bonds. The van der Waals surface area contributed by atoms with Crippen LogP contribution in [-0.2, 0) is 16.6 Å². The SMILES string of the molecule is CN(c1ccc(C(=O)NCc2ccncc2)c(Cl)c1)S(=O)(=O)c1ccc(Cl)cc1. The summed E-state index contributed by atoms with van der Waals surface area (Å²) in [6.07, 6.45) is 3.28. The van der Waals surface area contributed by atoms with Crippen LogP contribution in [-0.4, -0.2) is 26.4 Å². The molecule has 0 fully saturated rings. The van der Waals surface area contributed by atoms with E-state index in [-0.39, 0.29) is 21.4 Å². The average molecular weight is 450 g/mol. The number of hydrogen-bond acceptors (Lipinski definition) is 4. The quantitative estimate of drug-likeness (QED) is 0.612. The highest BCUT2D eigenvalue weighted by Crippen LogP contribution is 2.27. The van der Waals surface area contributed by atoms with Crippen LogP contribution in [0.5, 0.6) is 0 Å². The first-order valence-electron chi connectivity index (χ1n) is 8.50. The Hall–Kier alpha value is -2.61. The Labute approximate surface area is 179 Å². The average Bonchev–Trinajstić information content (AvgIpc) is 2.72. The van der Waals surface area contributed by atoms with Gasteiger partial charge in [0.05, 0.1) is 21.2 Å². The first kappa shape index (κ1) is 21.1. The Morgan fingerprint density at radius 2 is 1.69 bits per heavy atom. The zero-order valence-corrected chi connectivity index (χ0v) is 17.7. The van der Waals surface area contributed by atoms with Gasteiger partial charge in [-0.3, -0.25) is 14.1 Å². The van der Waals surface area contributed by atoms with Crippen molar-refractivity contribution in [2.75, 3.05) is 11.4 Å². The Morgan fingerprint density at radius 1 is 1.03 bits per heavy atom. The molecule has 1 aromatic heterocycles. The molecule has 0 unspecified atom stereocenters. The molecule has 0 aliphatic rings. The lowest BCUT2D eigenvalue weighted by Crippen LogP contribution is -2.27. The van der Waals surface area contributed by atoms with E-state index in [0.29, 0.717) is 17.3 Å². The number of hydrogen-bond donors (Lipinski definition) is 1. The van der Waals surface area contributed by atoms with Gasteiger partial charge in [-0.2, -0.15) is 0 Å². The molecule has 150 valence electrons. The number of benzene rings is 2. The standard InChI is InChI=1S/C20H17Cl2N3O3S/c1-25(29(27,28)17-5-2-15(21)3-6-17)16-4-7-18(19(22)12-16)20(26)24-13-14-8-10-23-11-9-14/h2-12H,13H2,1H3,(H,24,26). The number of rotatable bonds is 6. The van der Waals surface area contributed by atoms with Crippen molar-refractivity contribution in [2.45, 2.75) is 11.4 Å². The molecule has 29 heavy (non-hydrogen) atoms. The predicted octanol–water partition coefficient (Wildman–Crippen LogP) is 4.14. The van der Waals surface area contributed by atoms with E-state index in [1.807, 2.05) is 0 Å². The molecule has 1 heterocycles. The van der Waals surface area contributed by atoms with Crippen LogP contribution in [0.15, 0.2) is 71.9 Å². The van der Waals surface area contributed by atoms with Gasteiger partial charge in [-0.05, 0) is 60.2 Å². The van der Waals surface area contributed by atoms with Gasteiger partial charge in [-0.1, -0.05) is 23.2 Å². The number of nitrogens with zero attached hydrogens (tertiary/aromatic N) is 2. The maximum atomic E-state index is 12.8. The number of anilines is 1. The van der Waals surface area contributed by atoms with Crippen molar-refractivity contribution in [2.24, 2.45) is 0 Å². The highest BCUT2D eigenvalue weighted by atomic mass is 35.5. The number of pyridine rings is 1. The minimum atomic E-state index is -3.80. The molecule has 0 saturated heterocycles. The predicted molar refractivity (Wildman–Crippen MR) is 114 cm³/mol. The minimum absolute atomic E-state index is 0.0969. The van der Waals surface area contributed by atoms with E-state index in [9.17, 15) is 13.2 Å². The first-order chi connectivity index (χ1) is 13.8. The smallest absolute Gasteiger partial charge is 0.264 e. The van der Waals surface area contributed by atoms with Crippen molar-refractivity contribution < 1.29 is 13.2 Å². The van der Waals surface area contributed by atoms with Gasteiger partial charge >= 0.3 is 0 Å². The molecule has 0 saturated carbocycles. The van der Waals surface area contributed by atoms with E-state index in [0.717, 1.165) is 9.87 Å². The number of carbonyl (C=O) groups is 1. The van der Waals surface area contributed by atoms with Crippen LogP contribution in [0.2, 0.25) is 10.0 Å². The third-order valence-electron chi connectivity index (χ3n) is 4.24. The first-order valence-corrected chi connectivity index (χ1v) is 10.7. The Bertz CT molecular complexity index is 1120. The fraction of sp³-hybridized carbons (Fsp3) is 0.100. The molecule has 0 aliphatic carbocycles. The Balaban J connectivity index is 1.77. The van der Waals surface area contributed by atoms with Gasteiger partial charge < -0.3 is 5.32 Å². The van der Waals surface area contributed by atoms with Crippen molar-refractivity contribution in [3.63, 3.8) is 0 Å². The summed E-state index contributed by atoms with van der Waals surface area (Å²) >= 11 is 12.1. The van der Waals surface area contributed by atoms with E-state index in [4.69, 9.17) is 23.2 Å². The molecular weight excluding hydrogens is 433 g/mol. The summed E-state index contributed by atoms with van der Waals surface area (Å²) in [6.45, 7) is 0.324. The summed E-state index contributed by atoms with van der Waals surface area (Å²) in [6, 6.07) is 13.9. The van der Waals surface area contributed by atoms with Crippen molar-refractivity contribution >= 4 is 44.8 Å². The largest absolute Gasteiger partial charge is 0.348 e. The second-order valence-corrected chi connectivity index (χ2v) is 8.94. The summed E-state index contributed by atoms with van der Waals surface area (Å²) in [7, 11) is -2.38. The topological polar surface area (TPSA) is 79.4 Å². The summed E-state index contributed by atoms with van der Waals surface area (Å²) < 4.78 is 26.7. The molecule has 1 N–H and O–H groups in total. The molecule has 3 rings (SSSR count). The molecule has 0 atom stereocenters. The summed E-state index contributed by atoms with van der Waals surface area (Å²) in [5.41, 5.74) is 1.48. The van der Waals surface area contributed by atoms with Gasteiger partial charge in [0.15, 0.2) is 0 Å². The molecule has 0 bridgehead atoms. The zero-order chi connectivity index (χ0) is 21.0. The van der Waals surface area contributed by atoms with E-state index in [2.05, 4.69) is 10.3 Å². The van der Waals surface area contributed by atoms with Gasteiger partial charge in [0.1, 0.15) is 0 Å². The van der Waals surface area contributed by atoms with E-state index >= 15 is 0 Å². The lowest BCUT2D eigenvalue weighted by Gasteiger charge is -2.20. The second kappa shape index (κ2) is 8.82. The second-order valence-electron chi connectivity index (χ2n) is 6.13. The van der Waals surface area contributed by atoms with Crippen LogP contribution in [0.1, 0.15) is 15.9 Å². The molecule has 9 heteroatoms. The monoisotopic (exact) mass is 449 g/mol. The normalized spacial score (nSPS) is 11.1. The molecule has 0 radical (unpaired) electrons. The maximum absolute atomic E-state index is 12.8. The Morgan fingerprint density at radius 3 is 2.31 bits per heavy atom. The maximum Gasteiger partial charge on any atom is 0.264 e. The number of carbonyl (C=O) groups excluding carboxylic acids is 1. The van der Waals surface area contributed by atoms with E-state index < -0.39 is 10.0 Å². The summed E-state index contributed by atoms with van der Waals surface area (Å²) in [5.74, 6) is -0.360. The van der Waals surface area contributed by atoms with Crippen molar-refractivity contribution in [3.8, 4) is 0 Å². The third-order valence-corrected chi connectivity index (χ3v) is 6.60. The highest BCUT2D eigenvalue weighted by molar-refractivity contribution is 7.92. The number of aromatic nitrogens is 1. The molecule has 0 spiro atoms. The fourth-order valence-corrected chi connectivity index (χ4v) is 4.14. The van der Waals surface area contributed by atoms with Crippen molar-refractivity contribution in [1.29, 1.82) is 0 Å². The molecule has 0 aliphatic heterocycles. The van der Waals surface area contributed by atoms with Crippen LogP contribution < -0.4 is 9.62 Å². The number of nitrogens with one attached hydrogen (secondary N) is 1. The summed E-state index contributed by atoms with van der Waals surface area (Å²) in [5, 5.41) is 3.36. The Kier molecular flexibility index (Phi) is 6.42. The van der Waals surface area contributed by atoms with Crippen LogP contribution in [0.4, 0.5) is 5.69 Å². The van der Waals surface area contributed by atoms with Crippen LogP contribution in [0.3, 0.4) is 0 Å². The van der Waals surface area contributed by atoms with Crippen molar-refractivity contribution in [1.82, 2.24) is 10.3 Å². The van der Waals surface area contributed by atoms with Gasteiger partial charge in [0.2, 0.25) is 0 Å². The van der Waals surface area contributed by atoms with Gasteiger partial charge in [0, 0.05) is 31.0 Å². The lowest BCUT2D eigenvalue weighted by molar-refractivity contribution is 0.0951. The highest BCUT2D eigenvalue weighted by Gasteiger charge is 2.22. The van der Waals surface area contributed by atoms with Crippen LogP contribution >= 0.6 is 23.2 Å². The third kappa shape index (κ3) is 4.87. The van der Waals surface area contributed by atoms with Crippen LogP contribution in [0.25, 0.3) is 0 Å². The number of sulfonamides is 1. The molecule has 3 aromatic rings. The summed E-state index contributed by atoms with van der Waals surface area (Å²) in [4.78, 5) is 16.4. The molecular formula is C20H17Cl2N3O3S. The van der Waals surface area contributed by atoms with E-state index in [1.165, 1.54) is 49.5 Å². The fourth-order valence-electron chi connectivity index (χ4n) is 2.57. The zero-order valence-electron chi connectivity index (χ0n) is 15.3. The molecule has 2 aromatic carbocycles. The number of amides is 1. The van der Waals surface area contributed by atoms with Gasteiger partial charge in [-0.25, -0.2) is 8.42 Å². The van der Waals surface area contributed by atoms with Gasteiger partial charge in [-0.15, -0.1) is 0 Å². The van der Waals surface area contributed by atoms with Crippen molar-refractivity contribution in [3.05, 3.63) is 88.2 Å². The number of halogens is 2. The lowest BCUT2D eigenvalue weighted by atomic mass is 10.2. The van der Waals surface area contributed by atoms with E-state index in [1.54, 1.807) is 24.5 Å². The van der Waals surface area contributed by atoms with Gasteiger partial charge in [0.25, 0.3) is 15.9 Å². The molecule has 6 nitrogen and oxygen atoms in total. The minimum Gasteiger partial charge on any atom is -0.348 e.